The summed E-state index contributed by atoms with van der Waals surface area (Å²) in [6.07, 6.45) is 0.894. The van der Waals surface area contributed by atoms with Gasteiger partial charge in [-0.1, -0.05) is 54.6 Å². The minimum absolute atomic E-state index is 0.144. The molecule has 1 aliphatic rings. The van der Waals surface area contributed by atoms with Crippen LogP contribution in [0.3, 0.4) is 0 Å². The molecule has 0 saturated carbocycles. The van der Waals surface area contributed by atoms with E-state index >= 15 is 0 Å². The van der Waals surface area contributed by atoms with Crippen LogP contribution in [0, 0.1) is 5.92 Å². The molecule has 24 heavy (non-hydrogen) atoms. The fourth-order valence-corrected chi connectivity index (χ4v) is 3.39. The van der Waals surface area contributed by atoms with Crippen LogP contribution in [0.2, 0.25) is 0 Å². The first-order valence-corrected chi connectivity index (χ1v) is 8.58. The van der Waals surface area contributed by atoms with Crippen molar-refractivity contribution in [3.8, 4) is 11.1 Å². The van der Waals surface area contributed by atoms with Crippen LogP contribution < -0.4 is 0 Å². The molecule has 126 valence electrons. The first-order chi connectivity index (χ1) is 11.5. The topological polar surface area (TPSA) is 40.5 Å². The molecule has 3 rings (SSSR count). The Labute approximate surface area is 143 Å². The van der Waals surface area contributed by atoms with Crippen molar-refractivity contribution in [2.75, 3.05) is 19.7 Å². The summed E-state index contributed by atoms with van der Waals surface area (Å²) < 4.78 is 0. The summed E-state index contributed by atoms with van der Waals surface area (Å²) in [5, 5.41) is 9.29. The zero-order valence-electron chi connectivity index (χ0n) is 14.4. The Kier molecular flexibility index (Phi) is 4.72. The zero-order chi connectivity index (χ0) is 17.2. The zero-order valence-corrected chi connectivity index (χ0v) is 14.4. The molecule has 1 N–H and O–H groups in total. The molecule has 1 atom stereocenters. The average Bonchev–Trinajstić information content (AvgIpc) is 3.11. The Morgan fingerprint density at radius 1 is 1.08 bits per heavy atom. The van der Waals surface area contributed by atoms with Gasteiger partial charge in [0.1, 0.15) is 0 Å². The molecule has 0 spiro atoms. The molecular weight excluding hydrogens is 298 g/mol. The molecule has 0 bridgehead atoms. The van der Waals surface area contributed by atoms with Gasteiger partial charge in [-0.3, -0.25) is 4.79 Å². The lowest BCUT2D eigenvalue weighted by Gasteiger charge is -2.30. The summed E-state index contributed by atoms with van der Waals surface area (Å²) in [4.78, 5) is 14.8. The highest BCUT2D eigenvalue weighted by molar-refractivity contribution is 5.87. The number of amides is 1. The maximum atomic E-state index is 12.9. The summed E-state index contributed by atoms with van der Waals surface area (Å²) >= 11 is 0. The number of hydrogen-bond donors (Lipinski definition) is 1. The van der Waals surface area contributed by atoms with Gasteiger partial charge in [0.15, 0.2) is 0 Å². The number of hydrogen-bond acceptors (Lipinski definition) is 2. The van der Waals surface area contributed by atoms with Crippen molar-refractivity contribution in [2.45, 2.75) is 25.7 Å². The van der Waals surface area contributed by atoms with Crippen LogP contribution in [0.15, 0.2) is 54.6 Å². The normalized spacial score (nSPS) is 18.0. The molecule has 3 heteroatoms. The number of aliphatic hydroxyl groups is 1. The lowest BCUT2D eigenvalue weighted by atomic mass is 9.82. The molecule has 2 aromatic carbocycles. The van der Waals surface area contributed by atoms with Crippen LogP contribution in [0.5, 0.6) is 0 Å². The molecule has 1 unspecified atom stereocenters. The predicted molar refractivity (Wildman–Crippen MR) is 96.7 cm³/mol. The Hall–Kier alpha value is -2.13. The monoisotopic (exact) mass is 323 g/mol. The third-order valence-electron chi connectivity index (χ3n) is 5.08. The third kappa shape index (κ3) is 3.22. The number of carbonyl (C=O) groups is 1. The van der Waals surface area contributed by atoms with Gasteiger partial charge < -0.3 is 10.0 Å². The summed E-state index contributed by atoms with van der Waals surface area (Å²) in [6, 6.07) is 18.5. The number of nitrogens with zero attached hydrogens (tertiary/aromatic N) is 1. The number of carbonyl (C=O) groups excluding carboxylic acids is 1. The van der Waals surface area contributed by atoms with Gasteiger partial charge in [-0.25, -0.2) is 0 Å². The Morgan fingerprint density at radius 2 is 1.71 bits per heavy atom. The van der Waals surface area contributed by atoms with Gasteiger partial charge in [0.2, 0.25) is 5.91 Å². The van der Waals surface area contributed by atoms with Crippen LogP contribution in [-0.4, -0.2) is 35.6 Å². The van der Waals surface area contributed by atoms with E-state index in [0.29, 0.717) is 6.54 Å². The molecule has 0 aliphatic carbocycles. The van der Waals surface area contributed by atoms with Crippen molar-refractivity contribution in [3.05, 3.63) is 60.2 Å². The standard InChI is InChI=1S/C21H25NO2/c1-21(2,20(24)22-13-12-16(14-22)15-23)19-10-8-18(9-11-19)17-6-4-3-5-7-17/h3-11,16,23H,12-15H2,1-2H3. The molecule has 0 radical (unpaired) electrons. The van der Waals surface area contributed by atoms with Crippen molar-refractivity contribution in [1.82, 2.24) is 4.90 Å². The van der Waals surface area contributed by atoms with Crippen LogP contribution in [-0.2, 0) is 10.2 Å². The van der Waals surface area contributed by atoms with Crippen molar-refractivity contribution in [3.63, 3.8) is 0 Å². The lowest BCUT2D eigenvalue weighted by molar-refractivity contribution is -0.135. The van der Waals surface area contributed by atoms with Crippen LogP contribution >= 0.6 is 0 Å². The van der Waals surface area contributed by atoms with Crippen LogP contribution in [0.1, 0.15) is 25.8 Å². The molecule has 1 fully saturated rings. The van der Waals surface area contributed by atoms with Gasteiger partial charge in [-0.2, -0.15) is 0 Å². The van der Waals surface area contributed by atoms with E-state index in [0.717, 1.165) is 24.1 Å². The minimum Gasteiger partial charge on any atom is -0.396 e. The Bertz CT molecular complexity index is 692. The van der Waals surface area contributed by atoms with Gasteiger partial charge >= 0.3 is 0 Å². The summed E-state index contributed by atoms with van der Waals surface area (Å²) in [5.41, 5.74) is 2.81. The van der Waals surface area contributed by atoms with E-state index in [1.54, 1.807) is 0 Å². The third-order valence-corrected chi connectivity index (χ3v) is 5.08. The van der Waals surface area contributed by atoms with E-state index in [1.165, 1.54) is 5.56 Å². The van der Waals surface area contributed by atoms with E-state index in [1.807, 2.05) is 36.9 Å². The van der Waals surface area contributed by atoms with Gasteiger partial charge in [0, 0.05) is 25.6 Å². The van der Waals surface area contributed by atoms with Crippen molar-refractivity contribution >= 4 is 5.91 Å². The van der Waals surface area contributed by atoms with Crippen molar-refractivity contribution in [2.24, 2.45) is 5.92 Å². The Morgan fingerprint density at radius 3 is 2.29 bits per heavy atom. The fourth-order valence-electron chi connectivity index (χ4n) is 3.39. The van der Waals surface area contributed by atoms with E-state index in [2.05, 4.69) is 36.4 Å². The second-order valence-corrected chi connectivity index (χ2v) is 7.16. The summed E-state index contributed by atoms with van der Waals surface area (Å²) in [6.45, 7) is 5.55. The average molecular weight is 323 g/mol. The highest BCUT2D eigenvalue weighted by Crippen LogP contribution is 2.30. The second kappa shape index (κ2) is 6.78. The highest BCUT2D eigenvalue weighted by Gasteiger charge is 2.36. The number of likely N-dealkylation sites (tertiary alicyclic amines) is 1. The highest BCUT2D eigenvalue weighted by atomic mass is 16.3. The van der Waals surface area contributed by atoms with Crippen LogP contribution in [0.25, 0.3) is 11.1 Å². The van der Waals surface area contributed by atoms with E-state index in [4.69, 9.17) is 0 Å². The molecular formula is C21H25NO2. The number of rotatable bonds is 4. The second-order valence-electron chi connectivity index (χ2n) is 7.16. The van der Waals surface area contributed by atoms with E-state index in [9.17, 15) is 9.90 Å². The van der Waals surface area contributed by atoms with Gasteiger partial charge in [-0.05, 0) is 37.0 Å². The summed E-state index contributed by atoms with van der Waals surface area (Å²) in [5.74, 6) is 0.371. The van der Waals surface area contributed by atoms with E-state index in [-0.39, 0.29) is 18.4 Å². The predicted octanol–water partition coefficient (Wildman–Crippen LogP) is 3.47. The molecule has 3 nitrogen and oxygen atoms in total. The van der Waals surface area contributed by atoms with Gasteiger partial charge in [0.25, 0.3) is 0 Å². The maximum absolute atomic E-state index is 12.9. The molecule has 1 amide bonds. The lowest BCUT2D eigenvalue weighted by Crippen LogP contribution is -2.42. The number of aliphatic hydroxyl groups excluding tert-OH is 1. The fraction of sp³-hybridized carbons (Fsp3) is 0.381. The quantitative estimate of drug-likeness (QED) is 0.936. The maximum Gasteiger partial charge on any atom is 0.232 e. The minimum atomic E-state index is -0.556. The molecule has 1 saturated heterocycles. The van der Waals surface area contributed by atoms with Crippen molar-refractivity contribution in [1.29, 1.82) is 0 Å². The van der Waals surface area contributed by atoms with Crippen molar-refractivity contribution < 1.29 is 9.90 Å². The molecule has 2 aromatic rings. The number of benzene rings is 2. The Balaban J connectivity index is 1.78. The SMILES string of the molecule is CC(C)(C(=O)N1CCC(CO)C1)c1ccc(-c2ccccc2)cc1. The summed E-state index contributed by atoms with van der Waals surface area (Å²) in [7, 11) is 0. The molecule has 0 aromatic heterocycles. The molecule has 1 heterocycles. The van der Waals surface area contributed by atoms with Crippen LogP contribution in [0.4, 0.5) is 0 Å². The smallest absolute Gasteiger partial charge is 0.232 e. The van der Waals surface area contributed by atoms with E-state index < -0.39 is 5.41 Å². The first kappa shape index (κ1) is 16.7. The largest absolute Gasteiger partial charge is 0.396 e. The first-order valence-electron chi connectivity index (χ1n) is 8.58. The van der Waals surface area contributed by atoms with Gasteiger partial charge in [-0.15, -0.1) is 0 Å². The molecule has 1 aliphatic heterocycles. The van der Waals surface area contributed by atoms with Gasteiger partial charge in [0.05, 0.1) is 5.41 Å².